The van der Waals surface area contributed by atoms with Gasteiger partial charge in [-0.15, -0.1) is 0 Å². The predicted octanol–water partition coefficient (Wildman–Crippen LogP) is 0.894. The van der Waals surface area contributed by atoms with E-state index in [2.05, 4.69) is 20.3 Å². The van der Waals surface area contributed by atoms with E-state index < -0.39 is 11.9 Å². The van der Waals surface area contributed by atoms with Crippen LogP contribution in [0.1, 0.15) is 28.7 Å². The van der Waals surface area contributed by atoms with Crippen LogP contribution in [-0.2, 0) is 16.1 Å². The second kappa shape index (κ2) is 10.8. The third-order valence-corrected chi connectivity index (χ3v) is 4.63. The maximum atomic E-state index is 12.5. The van der Waals surface area contributed by atoms with Crippen molar-refractivity contribution in [3.8, 4) is 11.8 Å². The fraction of sp³-hybridized carbons (Fsp3) is 0.273. The summed E-state index contributed by atoms with van der Waals surface area (Å²) in [6.45, 7) is 1.93. The Balaban J connectivity index is 1.78. The lowest BCUT2D eigenvalue weighted by Gasteiger charge is -2.22. The Morgan fingerprint density at radius 2 is 2.03 bits per heavy atom. The van der Waals surface area contributed by atoms with Crippen LogP contribution >= 0.6 is 0 Å². The SMILES string of the molecule is CCOC(=O)CN(CCO)c1ccc2c(O)c(C(=O)NCc3ccc(C#N)nc3)ncc2n1. The molecule has 0 atom stereocenters. The van der Waals surface area contributed by atoms with E-state index in [1.54, 1.807) is 36.1 Å². The Morgan fingerprint density at radius 3 is 2.70 bits per heavy atom. The molecule has 0 fully saturated rings. The average Bonchev–Trinajstić information content (AvgIpc) is 2.82. The predicted molar refractivity (Wildman–Crippen MR) is 117 cm³/mol. The number of nitrogens with zero attached hydrogens (tertiary/aromatic N) is 5. The summed E-state index contributed by atoms with van der Waals surface area (Å²) in [7, 11) is 0. The first-order valence-corrected chi connectivity index (χ1v) is 10.1. The van der Waals surface area contributed by atoms with E-state index >= 15 is 0 Å². The van der Waals surface area contributed by atoms with Gasteiger partial charge in [0.1, 0.15) is 24.1 Å². The smallest absolute Gasteiger partial charge is 0.325 e. The number of aliphatic hydroxyl groups excluding tert-OH is 1. The summed E-state index contributed by atoms with van der Waals surface area (Å²) >= 11 is 0. The number of rotatable bonds is 9. The van der Waals surface area contributed by atoms with E-state index in [0.717, 1.165) is 0 Å². The summed E-state index contributed by atoms with van der Waals surface area (Å²) in [5.41, 5.74) is 1.09. The highest BCUT2D eigenvalue weighted by atomic mass is 16.5. The van der Waals surface area contributed by atoms with Crippen LogP contribution in [0.4, 0.5) is 5.82 Å². The number of ether oxygens (including phenoxy) is 1. The van der Waals surface area contributed by atoms with Gasteiger partial charge in [0.15, 0.2) is 11.4 Å². The number of amides is 1. The maximum Gasteiger partial charge on any atom is 0.325 e. The molecule has 1 amide bonds. The van der Waals surface area contributed by atoms with Crippen LogP contribution in [-0.4, -0.2) is 63.3 Å². The number of hydrogen-bond acceptors (Lipinski definition) is 10. The van der Waals surface area contributed by atoms with E-state index in [4.69, 9.17) is 10.00 Å². The van der Waals surface area contributed by atoms with Gasteiger partial charge in [-0.3, -0.25) is 9.59 Å². The van der Waals surface area contributed by atoms with Crippen molar-refractivity contribution in [1.82, 2.24) is 20.3 Å². The van der Waals surface area contributed by atoms with Crippen LogP contribution in [0, 0.1) is 11.3 Å². The molecule has 170 valence electrons. The number of aromatic hydroxyl groups is 1. The Hall–Kier alpha value is -4.30. The van der Waals surface area contributed by atoms with E-state index in [0.29, 0.717) is 22.3 Å². The molecule has 0 saturated heterocycles. The number of aromatic nitrogens is 3. The molecule has 0 bridgehead atoms. The number of fused-ring (bicyclic) bond motifs is 1. The van der Waals surface area contributed by atoms with Crippen molar-refractivity contribution in [2.24, 2.45) is 0 Å². The molecule has 11 nitrogen and oxygen atoms in total. The maximum absolute atomic E-state index is 12.5. The number of nitrogens with one attached hydrogen (secondary N) is 1. The lowest BCUT2D eigenvalue weighted by Crippen LogP contribution is -2.34. The topological polar surface area (TPSA) is 162 Å². The molecule has 3 aromatic rings. The minimum Gasteiger partial charge on any atom is -0.505 e. The number of aliphatic hydroxyl groups is 1. The number of carbonyl (C=O) groups is 2. The van der Waals surface area contributed by atoms with Crippen LogP contribution in [0.25, 0.3) is 10.9 Å². The average molecular weight is 450 g/mol. The zero-order valence-electron chi connectivity index (χ0n) is 17.9. The Labute approximate surface area is 189 Å². The lowest BCUT2D eigenvalue weighted by molar-refractivity contribution is -0.141. The molecule has 11 heteroatoms. The Morgan fingerprint density at radius 1 is 1.21 bits per heavy atom. The minimum atomic E-state index is -0.591. The standard InChI is InChI=1S/C22H22N6O5/c1-2-33-19(30)13-28(7-8-29)18-6-5-16-17(27-18)12-25-20(21(16)31)22(32)26-11-14-3-4-15(9-23)24-10-14/h3-6,10,12,29,31H,2,7-8,11,13H2,1H3,(H,26,32). The highest BCUT2D eigenvalue weighted by Crippen LogP contribution is 2.28. The van der Waals surface area contributed by atoms with Gasteiger partial charge < -0.3 is 25.2 Å². The van der Waals surface area contributed by atoms with E-state index in [9.17, 15) is 19.8 Å². The van der Waals surface area contributed by atoms with Crippen molar-refractivity contribution < 1.29 is 24.5 Å². The second-order valence-electron chi connectivity index (χ2n) is 6.85. The van der Waals surface area contributed by atoms with Gasteiger partial charge in [0.25, 0.3) is 5.91 Å². The van der Waals surface area contributed by atoms with Gasteiger partial charge in [-0.1, -0.05) is 6.07 Å². The van der Waals surface area contributed by atoms with Crippen molar-refractivity contribution in [2.45, 2.75) is 13.5 Å². The summed E-state index contributed by atoms with van der Waals surface area (Å²) < 4.78 is 4.95. The first kappa shape index (κ1) is 23.4. The van der Waals surface area contributed by atoms with Crippen LogP contribution in [0.2, 0.25) is 0 Å². The Kier molecular flexibility index (Phi) is 7.67. The number of hydrogen-bond donors (Lipinski definition) is 3. The number of esters is 1. The molecule has 0 aromatic carbocycles. The van der Waals surface area contributed by atoms with Gasteiger partial charge in [-0.05, 0) is 30.7 Å². The molecular weight excluding hydrogens is 428 g/mol. The van der Waals surface area contributed by atoms with Crippen LogP contribution < -0.4 is 10.2 Å². The molecular formula is C22H22N6O5. The van der Waals surface area contributed by atoms with E-state index in [1.807, 2.05) is 6.07 Å². The molecule has 0 aliphatic heterocycles. The highest BCUT2D eigenvalue weighted by Gasteiger charge is 2.19. The molecule has 3 aromatic heterocycles. The number of pyridine rings is 3. The summed E-state index contributed by atoms with van der Waals surface area (Å²) in [6.07, 6.45) is 2.82. The van der Waals surface area contributed by atoms with Gasteiger partial charge in [-0.2, -0.15) is 5.26 Å². The quantitative estimate of drug-likeness (QED) is 0.399. The lowest BCUT2D eigenvalue weighted by atomic mass is 10.2. The Bertz CT molecular complexity index is 1190. The fourth-order valence-electron chi connectivity index (χ4n) is 3.04. The largest absolute Gasteiger partial charge is 0.505 e. The van der Waals surface area contributed by atoms with Gasteiger partial charge >= 0.3 is 5.97 Å². The van der Waals surface area contributed by atoms with Crippen LogP contribution in [0.15, 0.2) is 36.7 Å². The molecule has 0 aliphatic carbocycles. The molecule has 3 rings (SSSR count). The molecule has 0 aliphatic rings. The van der Waals surface area contributed by atoms with Crippen LogP contribution in [0.3, 0.4) is 0 Å². The summed E-state index contributed by atoms with van der Waals surface area (Å²) in [6, 6.07) is 8.25. The normalized spacial score (nSPS) is 10.5. The van der Waals surface area contributed by atoms with Crippen molar-refractivity contribution >= 4 is 28.6 Å². The summed E-state index contributed by atoms with van der Waals surface area (Å²) in [5, 5.41) is 31.7. The third kappa shape index (κ3) is 5.69. The summed E-state index contributed by atoms with van der Waals surface area (Å²) in [4.78, 5) is 38.3. The third-order valence-electron chi connectivity index (χ3n) is 4.63. The van der Waals surface area contributed by atoms with Crippen LogP contribution in [0.5, 0.6) is 5.75 Å². The fourth-order valence-corrected chi connectivity index (χ4v) is 3.04. The molecule has 3 N–H and O–H groups in total. The molecule has 0 radical (unpaired) electrons. The molecule has 0 spiro atoms. The molecule has 33 heavy (non-hydrogen) atoms. The first-order valence-electron chi connectivity index (χ1n) is 10.1. The van der Waals surface area contributed by atoms with Gasteiger partial charge in [0, 0.05) is 24.7 Å². The molecule has 0 unspecified atom stereocenters. The monoisotopic (exact) mass is 450 g/mol. The number of carbonyl (C=O) groups excluding carboxylic acids is 2. The molecule has 0 saturated carbocycles. The molecule has 3 heterocycles. The van der Waals surface area contributed by atoms with E-state index in [1.165, 1.54) is 12.4 Å². The van der Waals surface area contributed by atoms with Crippen molar-refractivity contribution in [1.29, 1.82) is 5.26 Å². The second-order valence-corrected chi connectivity index (χ2v) is 6.85. The number of nitriles is 1. The van der Waals surface area contributed by atoms with E-state index in [-0.39, 0.29) is 50.0 Å². The van der Waals surface area contributed by atoms with Gasteiger partial charge in [-0.25, -0.2) is 15.0 Å². The van der Waals surface area contributed by atoms with Crippen molar-refractivity contribution in [2.75, 3.05) is 31.2 Å². The van der Waals surface area contributed by atoms with Gasteiger partial charge in [0.2, 0.25) is 0 Å². The highest BCUT2D eigenvalue weighted by molar-refractivity contribution is 6.00. The zero-order valence-corrected chi connectivity index (χ0v) is 17.9. The van der Waals surface area contributed by atoms with Gasteiger partial charge in [0.05, 0.1) is 24.9 Å². The van der Waals surface area contributed by atoms with Crippen molar-refractivity contribution in [3.63, 3.8) is 0 Å². The number of anilines is 1. The summed E-state index contributed by atoms with van der Waals surface area (Å²) in [5.74, 6) is -0.997. The minimum absolute atomic E-state index is 0.100. The zero-order chi connectivity index (χ0) is 23.8. The van der Waals surface area contributed by atoms with Crippen molar-refractivity contribution in [3.05, 3.63) is 53.6 Å². The first-order chi connectivity index (χ1) is 16.0.